The minimum Gasteiger partial charge on any atom is -0.493 e. The zero-order chi connectivity index (χ0) is 20.8. The van der Waals surface area contributed by atoms with E-state index < -0.39 is 12.1 Å². The SMILES string of the molecule is COc1ccc(-c2cc(C)nc(C)c2)c(OC)c1OC.O=C(O)C(F)(F)F. The van der Waals surface area contributed by atoms with Crippen LogP contribution in [0.3, 0.4) is 0 Å². The fourth-order valence-electron chi connectivity index (χ4n) is 2.32. The van der Waals surface area contributed by atoms with Crippen LogP contribution in [0.2, 0.25) is 0 Å². The van der Waals surface area contributed by atoms with E-state index in [0.717, 1.165) is 22.5 Å². The van der Waals surface area contributed by atoms with Gasteiger partial charge in [-0.15, -0.1) is 0 Å². The third kappa shape index (κ3) is 5.77. The van der Waals surface area contributed by atoms with Gasteiger partial charge < -0.3 is 19.3 Å². The molecule has 0 saturated heterocycles. The Balaban J connectivity index is 0.000000445. The molecule has 0 unspecified atom stereocenters. The van der Waals surface area contributed by atoms with Gasteiger partial charge in [0.25, 0.3) is 0 Å². The number of rotatable bonds is 4. The van der Waals surface area contributed by atoms with E-state index >= 15 is 0 Å². The first-order valence-electron chi connectivity index (χ1n) is 7.59. The normalized spacial score (nSPS) is 10.5. The summed E-state index contributed by atoms with van der Waals surface area (Å²) < 4.78 is 48.0. The first-order chi connectivity index (χ1) is 12.5. The van der Waals surface area contributed by atoms with Crippen LogP contribution in [-0.4, -0.2) is 43.6 Å². The predicted molar refractivity (Wildman–Crippen MR) is 92.5 cm³/mol. The average Bonchev–Trinajstić information content (AvgIpc) is 2.58. The highest BCUT2D eigenvalue weighted by atomic mass is 19.4. The van der Waals surface area contributed by atoms with E-state index in [1.807, 2.05) is 38.1 Å². The summed E-state index contributed by atoms with van der Waals surface area (Å²) in [4.78, 5) is 13.3. The second kappa shape index (κ2) is 9.11. The van der Waals surface area contributed by atoms with Gasteiger partial charge in [-0.2, -0.15) is 13.2 Å². The lowest BCUT2D eigenvalue weighted by Crippen LogP contribution is -2.21. The summed E-state index contributed by atoms with van der Waals surface area (Å²) in [7, 11) is 4.84. The minimum atomic E-state index is -5.08. The summed E-state index contributed by atoms with van der Waals surface area (Å²) in [6, 6.07) is 7.89. The lowest BCUT2D eigenvalue weighted by atomic mass is 10.0. The average molecular weight is 387 g/mol. The molecule has 1 N–H and O–H groups in total. The highest BCUT2D eigenvalue weighted by Gasteiger charge is 2.38. The monoisotopic (exact) mass is 387 g/mol. The van der Waals surface area contributed by atoms with Crippen molar-refractivity contribution < 1.29 is 37.3 Å². The number of benzene rings is 1. The van der Waals surface area contributed by atoms with Crippen molar-refractivity contribution >= 4 is 5.97 Å². The van der Waals surface area contributed by atoms with E-state index in [2.05, 4.69) is 4.98 Å². The number of nitrogens with zero attached hydrogens (tertiary/aromatic N) is 1. The lowest BCUT2D eigenvalue weighted by Gasteiger charge is -2.16. The number of hydrogen-bond donors (Lipinski definition) is 1. The van der Waals surface area contributed by atoms with Crippen LogP contribution in [-0.2, 0) is 4.79 Å². The van der Waals surface area contributed by atoms with Crippen LogP contribution in [0.15, 0.2) is 24.3 Å². The molecule has 0 saturated carbocycles. The van der Waals surface area contributed by atoms with E-state index in [4.69, 9.17) is 24.1 Å². The fraction of sp³-hybridized carbons (Fsp3) is 0.333. The van der Waals surface area contributed by atoms with Crippen LogP contribution in [0.4, 0.5) is 13.2 Å². The van der Waals surface area contributed by atoms with Crippen LogP contribution in [0.25, 0.3) is 11.1 Å². The Morgan fingerprint density at radius 3 is 1.81 bits per heavy atom. The first-order valence-corrected chi connectivity index (χ1v) is 7.59. The van der Waals surface area contributed by atoms with Gasteiger partial charge in [-0.25, -0.2) is 4.79 Å². The molecule has 0 radical (unpaired) electrons. The van der Waals surface area contributed by atoms with Crippen LogP contribution in [0.5, 0.6) is 17.2 Å². The summed E-state index contributed by atoms with van der Waals surface area (Å²) in [5, 5.41) is 7.12. The van der Waals surface area contributed by atoms with Gasteiger partial charge in [0, 0.05) is 17.0 Å². The summed E-state index contributed by atoms with van der Waals surface area (Å²) in [6.07, 6.45) is -5.08. The number of carboxylic acids is 1. The molecule has 1 heterocycles. The Bertz CT molecular complexity index is 786. The zero-order valence-electron chi connectivity index (χ0n) is 15.5. The molecular weight excluding hydrogens is 367 g/mol. The number of aliphatic carboxylic acids is 1. The number of hydrogen-bond acceptors (Lipinski definition) is 5. The Kier molecular flexibility index (Phi) is 7.45. The second-order valence-corrected chi connectivity index (χ2v) is 5.32. The smallest absolute Gasteiger partial charge is 0.490 e. The molecule has 0 aliphatic carbocycles. The fourth-order valence-corrected chi connectivity index (χ4v) is 2.32. The van der Waals surface area contributed by atoms with Crippen LogP contribution >= 0.6 is 0 Å². The van der Waals surface area contributed by atoms with Gasteiger partial charge in [-0.1, -0.05) is 0 Å². The van der Waals surface area contributed by atoms with E-state index in [-0.39, 0.29) is 0 Å². The Hall–Kier alpha value is -2.97. The molecule has 9 heteroatoms. The molecule has 0 aliphatic rings. The number of methoxy groups -OCH3 is 3. The van der Waals surface area contributed by atoms with E-state index in [9.17, 15) is 13.2 Å². The van der Waals surface area contributed by atoms with E-state index in [1.165, 1.54) is 0 Å². The number of carbonyl (C=O) groups is 1. The second-order valence-electron chi connectivity index (χ2n) is 5.32. The molecule has 1 aromatic heterocycles. The number of halogens is 3. The molecule has 148 valence electrons. The van der Waals surface area contributed by atoms with Gasteiger partial charge >= 0.3 is 12.1 Å². The van der Waals surface area contributed by atoms with Crippen LogP contribution in [0, 0.1) is 13.8 Å². The van der Waals surface area contributed by atoms with Crippen molar-refractivity contribution in [2.24, 2.45) is 0 Å². The lowest BCUT2D eigenvalue weighted by molar-refractivity contribution is -0.192. The first kappa shape index (κ1) is 22.1. The number of ether oxygens (including phenoxy) is 3. The third-order valence-electron chi connectivity index (χ3n) is 3.34. The van der Waals surface area contributed by atoms with Gasteiger partial charge in [-0.3, -0.25) is 4.98 Å². The molecule has 0 spiro atoms. The number of pyridine rings is 1. The molecular formula is C18H20F3NO5. The molecule has 6 nitrogen and oxygen atoms in total. The number of alkyl halides is 3. The van der Waals surface area contributed by atoms with Gasteiger partial charge in [-0.05, 0) is 43.7 Å². The van der Waals surface area contributed by atoms with Crippen molar-refractivity contribution in [2.75, 3.05) is 21.3 Å². The van der Waals surface area contributed by atoms with Crippen LogP contribution in [0.1, 0.15) is 11.4 Å². The van der Waals surface area contributed by atoms with E-state index in [0.29, 0.717) is 17.2 Å². The molecule has 0 aliphatic heterocycles. The summed E-state index contributed by atoms with van der Waals surface area (Å²) in [5.74, 6) is -0.848. The molecule has 1 aromatic carbocycles. The van der Waals surface area contributed by atoms with Gasteiger partial charge in [0.15, 0.2) is 11.5 Å². The Morgan fingerprint density at radius 1 is 0.963 bits per heavy atom. The Labute approximate surface area is 154 Å². The predicted octanol–water partition coefficient (Wildman–Crippen LogP) is 4.02. The maximum atomic E-state index is 10.6. The van der Waals surface area contributed by atoms with E-state index in [1.54, 1.807) is 21.3 Å². The standard InChI is InChI=1S/C16H19NO3.C2HF3O2/c1-10-8-12(9-11(2)17-10)13-6-7-14(18-3)16(20-5)15(13)19-4;3-2(4,5)1(6)7/h6-9H,1-5H3;(H,6,7). The molecule has 0 amide bonds. The number of aryl methyl sites for hydroxylation is 2. The Morgan fingerprint density at radius 2 is 1.44 bits per heavy atom. The van der Waals surface area contributed by atoms with Crippen molar-refractivity contribution in [3.8, 4) is 28.4 Å². The van der Waals surface area contributed by atoms with Crippen molar-refractivity contribution in [1.29, 1.82) is 0 Å². The number of aromatic nitrogens is 1. The maximum absolute atomic E-state index is 10.6. The molecule has 27 heavy (non-hydrogen) atoms. The molecule has 0 fully saturated rings. The summed E-state index contributed by atoms with van der Waals surface area (Å²) >= 11 is 0. The van der Waals surface area contributed by atoms with Gasteiger partial charge in [0.05, 0.1) is 21.3 Å². The minimum absolute atomic E-state index is 0.597. The maximum Gasteiger partial charge on any atom is 0.490 e. The van der Waals surface area contributed by atoms with Crippen molar-refractivity contribution in [1.82, 2.24) is 4.98 Å². The van der Waals surface area contributed by atoms with Gasteiger partial charge in [0.1, 0.15) is 0 Å². The van der Waals surface area contributed by atoms with Crippen LogP contribution < -0.4 is 14.2 Å². The highest BCUT2D eigenvalue weighted by molar-refractivity contribution is 5.76. The summed E-state index contributed by atoms with van der Waals surface area (Å²) in [6.45, 7) is 3.95. The molecule has 2 aromatic rings. The third-order valence-corrected chi connectivity index (χ3v) is 3.34. The van der Waals surface area contributed by atoms with Crippen molar-refractivity contribution in [2.45, 2.75) is 20.0 Å². The quantitative estimate of drug-likeness (QED) is 0.854. The topological polar surface area (TPSA) is 77.9 Å². The highest BCUT2D eigenvalue weighted by Crippen LogP contribution is 2.44. The zero-order valence-corrected chi connectivity index (χ0v) is 15.5. The molecule has 2 rings (SSSR count). The largest absolute Gasteiger partial charge is 0.493 e. The van der Waals surface area contributed by atoms with Gasteiger partial charge in [0.2, 0.25) is 5.75 Å². The van der Waals surface area contributed by atoms with Crippen molar-refractivity contribution in [3.63, 3.8) is 0 Å². The number of carboxylic acid groups (broad SMARTS) is 1. The summed E-state index contributed by atoms with van der Waals surface area (Å²) in [5.41, 5.74) is 3.94. The molecule has 0 atom stereocenters. The van der Waals surface area contributed by atoms with Crippen molar-refractivity contribution in [3.05, 3.63) is 35.7 Å². The molecule has 0 bridgehead atoms.